The number of nitrogens with two attached hydrogens (primary N) is 1. The number of primary amides is 1. The molecule has 3 rings (SSSR count). The van der Waals surface area contributed by atoms with Gasteiger partial charge in [0.25, 0.3) is 17.7 Å². The van der Waals surface area contributed by atoms with Gasteiger partial charge in [-0.05, 0) is 36.1 Å². The molecule has 1 aromatic carbocycles. The summed E-state index contributed by atoms with van der Waals surface area (Å²) in [5.74, 6) is -1.42. The zero-order valence-electron chi connectivity index (χ0n) is 13.7. The van der Waals surface area contributed by atoms with Gasteiger partial charge in [0.2, 0.25) is 0 Å². The van der Waals surface area contributed by atoms with Crippen molar-refractivity contribution in [2.24, 2.45) is 5.73 Å². The summed E-state index contributed by atoms with van der Waals surface area (Å²) >= 11 is 2.42. The van der Waals surface area contributed by atoms with Crippen molar-refractivity contribution in [1.29, 1.82) is 0 Å². The minimum atomic E-state index is -0.696. The lowest BCUT2D eigenvalue weighted by atomic mass is 10.1. The third-order valence-corrected chi connectivity index (χ3v) is 5.53. The molecule has 0 atom stereocenters. The van der Waals surface area contributed by atoms with Crippen LogP contribution in [0.5, 0.6) is 0 Å². The van der Waals surface area contributed by atoms with Crippen LogP contribution in [0.25, 0.3) is 0 Å². The minimum Gasteiger partial charge on any atom is -0.365 e. The molecule has 0 saturated heterocycles. The number of anilines is 2. The lowest BCUT2D eigenvalue weighted by Gasteiger charge is -2.04. The van der Waals surface area contributed by atoms with E-state index in [9.17, 15) is 14.4 Å². The van der Waals surface area contributed by atoms with E-state index >= 15 is 0 Å². The second-order valence-electron chi connectivity index (χ2n) is 5.41. The van der Waals surface area contributed by atoms with Gasteiger partial charge >= 0.3 is 0 Å². The molecule has 3 amide bonds. The van der Waals surface area contributed by atoms with E-state index < -0.39 is 5.91 Å². The molecule has 2 aromatic heterocycles. The third kappa shape index (κ3) is 3.66. The average Bonchev–Trinajstić information content (AvgIpc) is 3.24. The monoisotopic (exact) mass is 385 g/mol. The quantitative estimate of drug-likeness (QED) is 0.624. The smallest absolute Gasteiger partial charge is 0.266 e. The van der Waals surface area contributed by atoms with Crippen molar-refractivity contribution >= 4 is 51.1 Å². The van der Waals surface area contributed by atoms with Crippen LogP contribution in [0.4, 0.5) is 10.7 Å². The zero-order valence-corrected chi connectivity index (χ0v) is 15.4. The van der Waals surface area contributed by atoms with Crippen LogP contribution >= 0.6 is 22.7 Å². The van der Waals surface area contributed by atoms with Crippen molar-refractivity contribution in [3.8, 4) is 0 Å². The number of nitrogens with one attached hydrogen (secondary N) is 2. The molecule has 0 aliphatic rings. The lowest BCUT2D eigenvalue weighted by molar-refractivity contribution is 0.100. The summed E-state index contributed by atoms with van der Waals surface area (Å²) < 4.78 is 0. The number of rotatable bonds is 5. The van der Waals surface area contributed by atoms with Crippen molar-refractivity contribution < 1.29 is 14.4 Å². The average molecular weight is 385 g/mol. The predicted molar refractivity (Wildman–Crippen MR) is 104 cm³/mol. The maximum absolute atomic E-state index is 12.6. The fraction of sp³-hybridized carbons (Fsp3) is 0.0556. The van der Waals surface area contributed by atoms with E-state index in [0.717, 1.165) is 11.3 Å². The lowest BCUT2D eigenvalue weighted by Crippen LogP contribution is -2.17. The molecule has 0 bridgehead atoms. The third-order valence-electron chi connectivity index (χ3n) is 3.64. The van der Waals surface area contributed by atoms with Gasteiger partial charge in [-0.15, -0.1) is 11.3 Å². The van der Waals surface area contributed by atoms with E-state index in [0.29, 0.717) is 21.7 Å². The fourth-order valence-electron chi connectivity index (χ4n) is 2.39. The van der Waals surface area contributed by atoms with E-state index in [2.05, 4.69) is 10.6 Å². The Balaban J connectivity index is 1.91. The van der Waals surface area contributed by atoms with Gasteiger partial charge in [0, 0.05) is 11.1 Å². The topological polar surface area (TPSA) is 101 Å². The fourth-order valence-corrected chi connectivity index (χ4v) is 4.13. The van der Waals surface area contributed by atoms with Gasteiger partial charge < -0.3 is 16.4 Å². The Hall–Kier alpha value is -2.97. The molecule has 4 N–H and O–H groups in total. The summed E-state index contributed by atoms with van der Waals surface area (Å²) in [6.45, 7) is 1.64. The second-order valence-corrected chi connectivity index (χ2v) is 7.21. The molecule has 3 aromatic rings. The standard InChI is InChI=1S/C18H15N3O3S2/c1-10-13(15(19)22)18(21-16(23)11-7-8-25-9-11)26-14(10)17(24)20-12-5-3-2-4-6-12/h2-9H,1H3,(H2,19,22)(H,20,24)(H,21,23). The molecule has 0 unspecified atom stereocenters. The molecule has 0 aliphatic carbocycles. The highest BCUT2D eigenvalue weighted by molar-refractivity contribution is 7.19. The Morgan fingerprint density at radius 2 is 1.73 bits per heavy atom. The van der Waals surface area contributed by atoms with Crippen molar-refractivity contribution in [2.45, 2.75) is 6.92 Å². The first-order valence-corrected chi connectivity index (χ1v) is 9.36. The van der Waals surface area contributed by atoms with Gasteiger partial charge in [-0.2, -0.15) is 11.3 Å². The van der Waals surface area contributed by atoms with E-state index in [4.69, 9.17) is 5.73 Å². The van der Waals surface area contributed by atoms with Crippen LogP contribution in [0.1, 0.15) is 36.0 Å². The maximum Gasteiger partial charge on any atom is 0.266 e. The minimum absolute atomic E-state index is 0.150. The largest absolute Gasteiger partial charge is 0.365 e. The van der Waals surface area contributed by atoms with Gasteiger partial charge in [0.1, 0.15) is 5.00 Å². The summed E-state index contributed by atoms with van der Waals surface area (Å²) in [7, 11) is 0. The Morgan fingerprint density at radius 1 is 1.00 bits per heavy atom. The highest BCUT2D eigenvalue weighted by Gasteiger charge is 2.24. The number of para-hydroxylation sites is 1. The Labute approximate surface area is 157 Å². The Kier molecular flexibility index (Phi) is 5.15. The normalized spacial score (nSPS) is 10.3. The SMILES string of the molecule is Cc1c(C(=O)Nc2ccccc2)sc(NC(=O)c2ccsc2)c1C(N)=O. The molecular formula is C18H15N3O3S2. The van der Waals surface area contributed by atoms with E-state index in [1.165, 1.54) is 11.3 Å². The van der Waals surface area contributed by atoms with Crippen LogP contribution in [0, 0.1) is 6.92 Å². The molecule has 2 heterocycles. The molecule has 8 heteroatoms. The highest BCUT2D eigenvalue weighted by atomic mass is 32.1. The van der Waals surface area contributed by atoms with Crippen LogP contribution in [0.15, 0.2) is 47.2 Å². The summed E-state index contributed by atoms with van der Waals surface area (Å²) in [6.07, 6.45) is 0. The summed E-state index contributed by atoms with van der Waals surface area (Å²) in [5, 5.41) is 9.19. The summed E-state index contributed by atoms with van der Waals surface area (Å²) in [5.41, 5.74) is 7.17. The first-order chi connectivity index (χ1) is 12.5. The molecule has 132 valence electrons. The molecule has 0 aliphatic heterocycles. The van der Waals surface area contributed by atoms with Gasteiger partial charge in [-0.25, -0.2) is 0 Å². The van der Waals surface area contributed by atoms with Crippen LogP contribution in [0.2, 0.25) is 0 Å². The maximum atomic E-state index is 12.6. The van der Waals surface area contributed by atoms with Crippen LogP contribution in [-0.4, -0.2) is 17.7 Å². The first-order valence-electron chi connectivity index (χ1n) is 7.60. The molecule has 0 fully saturated rings. The van der Waals surface area contributed by atoms with Crippen molar-refractivity contribution in [1.82, 2.24) is 0 Å². The number of hydrogen-bond acceptors (Lipinski definition) is 5. The van der Waals surface area contributed by atoms with Crippen molar-refractivity contribution in [2.75, 3.05) is 10.6 Å². The first kappa shape index (κ1) is 17.8. The van der Waals surface area contributed by atoms with Crippen LogP contribution in [-0.2, 0) is 0 Å². The van der Waals surface area contributed by atoms with Crippen LogP contribution in [0.3, 0.4) is 0 Å². The predicted octanol–water partition coefficient (Wildman–Crippen LogP) is 3.72. The van der Waals surface area contributed by atoms with Crippen LogP contribution < -0.4 is 16.4 Å². The molecule has 26 heavy (non-hydrogen) atoms. The van der Waals surface area contributed by atoms with Gasteiger partial charge in [-0.3, -0.25) is 14.4 Å². The molecular weight excluding hydrogens is 370 g/mol. The number of carbonyl (C=O) groups excluding carboxylic acids is 3. The van der Waals surface area contributed by atoms with Gasteiger partial charge in [0.05, 0.1) is 16.0 Å². The molecule has 6 nitrogen and oxygen atoms in total. The van der Waals surface area contributed by atoms with E-state index in [1.54, 1.807) is 48.0 Å². The number of thiophene rings is 2. The number of amides is 3. The number of benzene rings is 1. The summed E-state index contributed by atoms with van der Waals surface area (Å²) in [6, 6.07) is 10.6. The Bertz CT molecular complexity index is 963. The highest BCUT2D eigenvalue weighted by Crippen LogP contribution is 2.33. The number of hydrogen-bond donors (Lipinski definition) is 3. The van der Waals surface area contributed by atoms with Crippen molar-refractivity contribution in [3.63, 3.8) is 0 Å². The second kappa shape index (κ2) is 7.51. The molecule has 0 radical (unpaired) electrons. The Morgan fingerprint density at radius 3 is 2.35 bits per heavy atom. The summed E-state index contributed by atoms with van der Waals surface area (Å²) in [4.78, 5) is 37.0. The zero-order chi connectivity index (χ0) is 18.7. The molecule has 0 spiro atoms. The van der Waals surface area contributed by atoms with Crippen molar-refractivity contribution in [3.05, 3.63) is 68.7 Å². The van der Waals surface area contributed by atoms with Gasteiger partial charge in [0.15, 0.2) is 0 Å². The van der Waals surface area contributed by atoms with Gasteiger partial charge in [-0.1, -0.05) is 18.2 Å². The number of carbonyl (C=O) groups is 3. The molecule has 0 saturated carbocycles. The van der Waals surface area contributed by atoms with E-state index in [1.807, 2.05) is 6.07 Å². The van der Waals surface area contributed by atoms with E-state index in [-0.39, 0.29) is 22.4 Å².